The van der Waals surface area contributed by atoms with Crippen LogP contribution in [0, 0.1) is 0 Å². The number of carbonyl (C=O) groups is 2. The van der Waals surface area contributed by atoms with Gasteiger partial charge in [0.25, 0.3) is 0 Å². The normalized spacial score (nSPS) is 10.9. The maximum absolute atomic E-state index is 12.3. The van der Waals surface area contributed by atoms with E-state index in [4.69, 9.17) is 11.6 Å². The van der Waals surface area contributed by atoms with Gasteiger partial charge in [0.1, 0.15) is 5.82 Å². The molecule has 0 bridgehead atoms. The van der Waals surface area contributed by atoms with Crippen LogP contribution in [-0.2, 0) is 23.1 Å². The predicted octanol–water partition coefficient (Wildman–Crippen LogP) is 4.38. The smallest absolute Gasteiger partial charge is 0.236 e. The molecule has 0 aliphatic heterocycles. The molecule has 2 heterocycles. The number of carbonyl (C=O) groups excluding carboxylic acids is 2. The first-order chi connectivity index (χ1) is 15.5. The molecule has 2 N–H and O–H groups in total. The lowest BCUT2D eigenvalue weighted by atomic mass is 10.2. The maximum Gasteiger partial charge on any atom is 0.236 e. The average molecular weight is 487 g/mol. The van der Waals surface area contributed by atoms with Crippen LogP contribution in [0.4, 0.5) is 10.8 Å². The molecule has 32 heavy (non-hydrogen) atoms. The van der Waals surface area contributed by atoms with E-state index in [1.807, 2.05) is 31.3 Å². The molecule has 2 aromatic heterocycles. The Balaban J connectivity index is 1.27. The van der Waals surface area contributed by atoms with Crippen molar-refractivity contribution in [2.75, 3.05) is 16.4 Å². The number of thioether (sulfide) groups is 1. The van der Waals surface area contributed by atoms with Crippen molar-refractivity contribution in [3.63, 3.8) is 0 Å². The maximum atomic E-state index is 12.3. The van der Waals surface area contributed by atoms with Crippen molar-refractivity contribution in [1.82, 2.24) is 19.7 Å². The van der Waals surface area contributed by atoms with Crippen LogP contribution >= 0.6 is 34.7 Å². The van der Waals surface area contributed by atoms with Crippen molar-refractivity contribution >= 4 is 67.5 Å². The number of halogens is 1. The van der Waals surface area contributed by atoms with Crippen LogP contribution in [0.25, 0.3) is 10.2 Å². The Morgan fingerprint density at radius 3 is 2.66 bits per heavy atom. The van der Waals surface area contributed by atoms with Gasteiger partial charge in [-0.2, -0.15) is 0 Å². The first-order valence-corrected chi connectivity index (χ1v) is 11.9. The molecule has 2 amide bonds. The number of benzene rings is 2. The summed E-state index contributed by atoms with van der Waals surface area (Å²) in [5.74, 6) is 0.506. The number of thiazole rings is 1. The van der Waals surface area contributed by atoms with E-state index in [9.17, 15) is 9.59 Å². The number of aromatic nitrogens is 4. The predicted molar refractivity (Wildman–Crippen MR) is 128 cm³/mol. The first kappa shape index (κ1) is 22.3. The van der Waals surface area contributed by atoms with E-state index in [1.165, 1.54) is 23.1 Å². The average Bonchev–Trinajstić information content (AvgIpc) is 3.34. The SMILES string of the molecule is Cn1c(CCC(=O)Nc2ccccc2Cl)nnc1SCC(=O)Nc1nc2ccccc2s1. The van der Waals surface area contributed by atoms with Crippen LogP contribution in [0.15, 0.2) is 53.7 Å². The summed E-state index contributed by atoms with van der Waals surface area (Å²) in [4.78, 5) is 28.9. The molecule has 164 valence electrons. The minimum Gasteiger partial charge on any atom is -0.325 e. The van der Waals surface area contributed by atoms with Crippen molar-refractivity contribution in [2.24, 2.45) is 7.05 Å². The lowest BCUT2D eigenvalue weighted by Gasteiger charge is -2.07. The van der Waals surface area contributed by atoms with Gasteiger partial charge in [0.15, 0.2) is 10.3 Å². The van der Waals surface area contributed by atoms with Gasteiger partial charge in [-0.3, -0.25) is 9.59 Å². The Morgan fingerprint density at radius 2 is 1.84 bits per heavy atom. The Bertz CT molecular complexity index is 1240. The summed E-state index contributed by atoms with van der Waals surface area (Å²) in [6, 6.07) is 14.8. The quantitative estimate of drug-likeness (QED) is 0.358. The molecule has 2 aromatic carbocycles. The van der Waals surface area contributed by atoms with Crippen molar-refractivity contribution in [3.8, 4) is 0 Å². The van der Waals surface area contributed by atoms with E-state index in [0.29, 0.717) is 33.2 Å². The van der Waals surface area contributed by atoms with Gasteiger partial charge < -0.3 is 15.2 Å². The van der Waals surface area contributed by atoms with E-state index in [0.717, 1.165) is 10.2 Å². The Morgan fingerprint density at radius 1 is 1.06 bits per heavy atom. The second kappa shape index (κ2) is 10.1. The van der Waals surface area contributed by atoms with Gasteiger partial charge in [0, 0.05) is 19.9 Å². The molecule has 0 saturated heterocycles. The van der Waals surface area contributed by atoms with E-state index in [-0.39, 0.29) is 24.0 Å². The lowest BCUT2D eigenvalue weighted by Crippen LogP contribution is -2.15. The highest BCUT2D eigenvalue weighted by Gasteiger charge is 2.14. The number of aryl methyl sites for hydroxylation is 1. The molecular weight excluding hydrogens is 468 g/mol. The van der Waals surface area contributed by atoms with Gasteiger partial charge in [-0.1, -0.05) is 59.0 Å². The van der Waals surface area contributed by atoms with Crippen molar-refractivity contribution in [1.29, 1.82) is 0 Å². The second-order valence-electron chi connectivity index (χ2n) is 6.81. The van der Waals surface area contributed by atoms with Crippen LogP contribution < -0.4 is 10.6 Å². The molecule has 0 radical (unpaired) electrons. The number of hydrogen-bond donors (Lipinski definition) is 2. The van der Waals surface area contributed by atoms with Crippen LogP contribution in [-0.4, -0.2) is 37.3 Å². The molecule has 11 heteroatoms. The van der Waals surface area contributed by atoms with Crippen LogP contribution in [0.2, 0.25) is 5.02 Å². The van der Waals surface area contributed by atoms with Crippen molar-refractivity contribution in [3.05, 3.63) is 59.4 Å². The summed E-state index contributed by atoms with van der Waals surface area (Å²) in [5, 5.41) is 15.6. The Hall–Kier alpha value is -2.95. The monoisotopic (exact) mass is 486 g/mol. The van der Waals surface area contributed by atoms with Gasteiger partial charge in [0.05, 0.1) is 26.7 Å². The zero-order chi connectivity index (χ0) is 22.5. The molecule has 0 aliphatic carbocycles. The molecule has 8 nitrogen and oxygen atoms in total. The highest BCUT2D eigenvalue weighted by atomic mass is 35.5. The topological polar surface area (TPSA) is 102 Å². The minimum atomic E-state index is -0.169. The highest BCUT2D eigenvalue weighted by Crippen LogP contribution is 2.26. The molecule has 0 unspecified atom stereocenters. The Labute approximate surface area is 197 Å². The van der Waals surface area contributed by atoms with Crippen molar-refractivity contribution in [2.45, 2.75) is 18.0 Å². The molecule has 4 aromatic rings. The number of para-hydroxylation sites is 2. The van der Waals surface area contributed by atoms with Crippen LogP contribution in [0.5, 0.6) is 0 Å². The number of rotatable bonds is 8. The van der Waals surface area contributed by atoms with Gasteiger partial charge >= 0.3 is 0 Å². The fourth-order valence-electron chi connectivity index (χ4n) is 2.90. The number of nitrogens with zero attached hydrogens (tertiary/aromatic N) is 4. The molecule has 0 atom stereocenters. The molecule has 0 aliphatic rings. The highest BCUT2D eigenvalue weighted by molar-refractivity contribution is 7.99. The number of amides is 2. The van der Waals surface area contributed by atoms with Crippen molar-refractivity contribution < 1.29 is 9.59 Å². The van der Waals surface area contributed by atoms with E-state index >= 15 is 0 Å². The van der Waals surface area contributed by atoms with Gasteiger partial charge in [-0.15, -0.1) is 10.2 Å². The first-order valence-electron chi connectivity index (χ1n) is 9.70. The summed E-state index contributed by atoms with van der Waals surface area (Å²) in [6.45, 7) is 0. The number of nitrogens with one attached hydrogen (secondary N) is 2. The molecular formula is C21H19ClN6O2S2. The fourth-order valence-corrected chi connectivity index (χ4v) is 4.70. The zero-order valence-electron chi connectivity index (χ0n) is 17.0. The van der Waals surface area contributed by atoms with E-state index < -0.39 is 0 Å². The minimum absolute atomic E-state index is 0.162. The summed E-state index contributed by atoms with van der Waals surface area (Å²) >= 11 is 8.78. The second-order valence-corrected chi connectivity index (χ2v) is 9.19. The third kappa shape index (κ3) is 5.45. The largest absolute Gasteiger partial charge is 0.325 e. The lowest BCUT2D eigenvalue weighted by molar-refractivity contribution is -0.116. The third-order valence-corrected chi connectivity index (χ3v) is 6.82. The van der Waals surface area contributed by atoms with E-state index in [2.05, 4.69) is 25.8 Å². The van der Waals surface area contributed by atoms with Gasteiger partial charge in [0.2, 0.25) is 11.8 Å². The molecule has 0 spiro atoms. The summed E-state index contributed by atoms with van der Waals surface area (Å²) in [7, 11) is 1.81. The van der Waals surface area contributed by atoms with Gasteiger partial charge in [-0.25, -0.2) is 4.98 Å². The molecule has 0 saturated carbocycles. The summed E-state index contributed by atoms with van der Waals surface area (Å²) in [5.41, 5.74) is 1.43. The number of hydrogen-bond acceptors (Lipinski definition) is 7. The summed E-state index contributed by atoms with van der Waals surface area (Å²) in [6.07, 6.45) is 0.651. The number of anilines is 2. The van der Waals surface area contributed by atoms with Crippen LogP contribution in [0.3, 0.4) is 0 Å². The van der Waals surface area contributed by atoms with Crippen LogP contribution in [0.1, 0.15) is 12.2 Å². The van der Waals surface area contributed by atoms with Gasteiger partial charge in [-0.05, 0) is 24.3 Å². The zero-order valence-corrected chi connectivity index (χ0v) is 19.4. The van der Waals surface area contributed by atoms with E-state index in [1.54, 1.807) is 28.8 Å². The molecule has 4 rings (SSSR count). The summed E-state index contributed by atoms with van der Waals surface area (Å²) < 4.78 is 2.81. The third-order valence-electron chi connectivity index (χ3n) is 4.52. The Kier molecular flexibility index (Phi) is 7.03. The fraction of sp³-hybridized carbons (Fsp3) is 0.190. The standard InChI is InChI=1S/C21H19ClN6O2S2/c1-28-17(10-11-18(29)23-14-7-3-2-6-13(14)22)26-27-21(28)31-12-19(30)25-20-24-15-8-4-5-9-16(15)32-20/h2-9H,10-12H2,1H3,(H,23,29)(H,24,25,30). The number of fused-ring (bicyclic) bond motifs is 1. The molecule has 0 fully saturated rings.